The third-order valence-electron chi connectivity index (χ3n) is 3.44. The minimum absolute atomic E-state index is 0.103. The second kappa shape index (κ2) is 5.25. The van der Waals surface area contributed by atoms with Crippen LogP contribution in [0.5, 0.6) is 0 Å². The monoisotopic (exact) mass is 261 g/mol. The number of hydrogen-bond acceptors (Lipinski definition) is 2. The molecule has 3 aromatic rings. The Morgan fingerprint density at radius 3 is 2.55 bits per heavy atom. The highest BCUT2D eigenvalue weighted by Crippen LogP contribution is 2.20. The fourth-order valence-electron chi connectivity index (χ4n) is 2.36. The second-order valence-corrected chi connectivity index (χ2v) is 4.99. The molecular weight excluding hydrogens is 246 g/mol. The number of benzene rings is 2. The number of Topliss-reactive ketones (excluding diaryl/α,β-unsaturated/α-hetero) is 1. The van der Waals surface area contributed by atoms with Gasteiger partial charge < -0.3 is 0 Å². The van der Waals surface area contributed by atoms with Crippen LogP contribution in [0.25, 0.3) is 10.8 Å². The van der Waals surface area contributed by atoms with Gasteiger partial charge in [0.05, 0.1) is 0 Å². The molecule has 1 aromatic heterocycles. The van der Waals surface area contributed by atoms with Gasteiger partial charge in [-0.1, -0.05) is 36.4 Å². The number of pyridine rings is 1. The van der Waals surface area contributed by atoms with Crippen LogP contribution in [0.4, 0.5) is 0 Å². The molecule has 0 amide bonds. The lowest BCUT2D eigenvalue weighted by molar-refractivity contribution is 0.101. The molecule has 0 aliphatic heterocycles. The van der Waals surface area contributed by atoms with Crippen molar-refractivity contribution in [1.29, 1.82) is 0 Å². The van der Waals surface area contributed by atoms with Crippen molar-refractivity contribution in [3.8, 4) is 0 Å². The molecule has 0 bridgehead atoms. The highest BCUT2D eigenvalue weighted by atomic mass is 16.1. The molecule has 0 radical (unpaired) electrons. The molecule has 2 heteroatoms. The summed E-state index contributed by atoms with van der Waals surface area (Å²) in [7, 11) is 0. The Morgan fingerprint density at radius 2 is 1.80 bits per heavy atom. The zero-order valence-corrected chi connectivity index (χ0v) is 11.3. The van der Waals surface area contributed by atoms with E-state index in [1.54, 1.807) is 13.1 Å². The normalized spacial score (nSPS) is 10.7. The van der Waals surface area contributed by atoms with E-state index in [-0.39, 0.29) is 5.78 Å². The zero-order valence-electron chi connectivity index (χ0n) is 11.3. The minimum atomic E-state index is 0.103. The van der Waals surface area contributed by atoms with Crippen LogP contribution in [-0.2, 0) is 6.42 Å². The molecule has 0 aliphatic carbocycles. The van der Waals surface area contributed by atoms with Crippen molar-refractivity contribution in [2.45, 2.75) is 13.3 Å². The first-order valence-electron chi connectivity index (χ1n) is 6.65. The fourth-order valence-corrected chi connectivity index (χ4v) is 2.36. The van der Waals surface area contributed by atoms with Crippen molar-refractivity contribution >= 4 is 16.6 Å². The summed E-state index contributed by atoms with van der Waals surface area (Å²) >= 11 is 0. The van der Waals surface area contributed by atoms with Gasteiger partial charge in [-0.05, 0) is 47.4 Å². The summed E-state index contributed by atoms with van der Waals surface area (Å²) in [5.74, 6) is 0.103. The van der Waals surface area contributed by atoms with Gasteiger partial charge in [-0.3, -0.25) is 9.78 Å². The van der Waals surface area contributed by atoms with E-state index in [1.807, 2.05) is 30.5 Å². The van der Waals surface area contributed by atoms with E-state index >= 15 is 0 Å². The van der Waals surface area contributed by atoms with Crippen LogP contribution in [0, 0.1) is 0 Å². The molecule has 2 nitrogen and oxygen atoms in total. The summed E-state index contributed by atoms with van der Waals surface area (Å²) in [6.07, 6.45) is 4.55. The zero-order chi connectivity index (χ0) is 13.9. The number of carbonyl (C=O) groups excluding carboxylic acids is 1. The summed E-state index contributed by atoms with van der Waals surface area (Å²) in [5.41, 5.74) is 3.21. The topological polar surface area (TPSA) is 30.0 Å². The van der Waals surface area contributed by atoms with Crippen molar-refractivity contribution in [3.05, 3.63) is 77.6 Å². The first kappa shape index (κ1) is 12.5. The third kappa shape index (κ3) is 2.59. The van der Waals surface area contributed by atoms with E-state index < -0.39 is 0 Å². The molecule has 98 valence electrons. The summed E-state index contributed by atoms with van der Waals surface area (Å²) in [6.45, 7) is 1.60. The van der Waals surface area contributed by atoms with Crippen molar-refractivity contribution in [2.24, 2.45) is 0 Å². The Kier molecular flexibility index (Phi) is 3.30. The maximum atomic E-state index is 11.4. The van der Waals surface area contributed by atoms with Gasteiger partial charge in [-0.2, -0.15) is 0 Å². The van der Waals surface area contributed by atoms with Gasteiger partial charge in [-0.15, -0.1) is 0 Å². The standard InChI is InChI=1S/C18H15NO/c1-13(20)16-6-7-17-10-14(4-5-18(17)11-16)9-15-3-2-8-19-12-15/h2-8,10-12H,9H2,1H3. The predicted molar refractivity (Wildman–Crippen MR) is 81.0 cm³/mol. The quantitative estimate of drug-likeness (QED) is 0.666. The molecular formula is C18H15NO. The second-order valence-electron chi connectivity index (χ2n) is 4.99. The minimum Gasteiger partial charge on any atom is -0.295 e. The molecule has 0 aliphatic rings. The molecule has 0 spiro atoms. The Balaban J connectivity index is 1.95. The van der Waals surface area contributed by atoms with Crippen LogP contribution in [-0.4, -0.2) is 10.8 Å². The molecule has 0 saturated carbocycles. The molecule has 0 atom stereocenters. The largest absolute Gasteiger partial charge is 0.295 e. The van der Waals surface area contributed by atoms with Gasteiger partial charge in [-0.25, -0.2) is 0 Å². The Labute approximate surface area is 118 Å². The van der Waals surface area contributed by atoms with Crippen molar-refractivity contribution in [3.63, 3.8) is 0 Å². The maximum Gasteiger partial charge on any atom is 0.159 e. The molecule has 1 heterocycles. The summed E-state index contributed by atoms with van der Waals surface area (Å²) < 4.78 is 0. The SMILES string of the molecule is CC(=O)c1ccc2cc(Cc3cccnc3)ccc2c1. The van der Waals surface area contributed by atoms with Gasteiger partial charge in [0.1, 0.15) is 0 Å². The molecule has 0 unspecified atom stereocenters. The van der Waals surface area contributed by atoms with Gasteiger partial charge >= 0.3 is 0 Å². The lowest BCUT2D eigenvalue weighted by atomic mass is 10.00. The van der Waals surface area contributed by atoms with E-state index in [2.05, 4.69) is 29.2 Å². The Hall–Kier alpha value is -2.48. The van der Waals surface area contributed by atoms with E-state index in [0.717, 1.165) is 22.8 Å². The van der Waals surface area contributed by atoms with Crippen LogP contribution in [0.2, 0.25) is 0 Å². The van der Waals surface area contributed by atoms with Gasteiger partial charge in [0.25, 0.3) is 0 Å². The van der Waals surface area contributed by atoms with E-state index in [1.165, 1.54) is 11.1 Å². The number of fused-ring (bicyclic) bond motifs is 1. The van der Waals surface area contributed by atoms with Gasteiger partial charge in [0.15, 0.2) is 5.78 Å². The molecule has 3 rings (SSSR count). The van der Waals surface area contributed by atoms with Gasteiger partial charge in [0, 0.05) is 18.0 Å². The Bertz CT molecular complexity index is 763. The summed E-state index contributed by atoms with van der Waals surface area (Å²) in [4.78, 5) is 15.5. The molecule has 20 heavy (non-hydrogen) atoms. The van der Waals surface area contributed by atoms with Crippen LogP contribution in [0.1, 0.15) is 28.4 Å². The summed E-state index contributed by atoms with van der Waals surface area (Å²) in [6, 6.07) is 16.2. The number of nitrogens with zero attached hydrogens (tertiary/aromatic N) is 1. The Morgan fingerprint density at radius 1 is 1.00 bits per heavy atom. The molecule has 0 saturated heterocycles. The van der Waals surface area contributed by atoms with E-state index in [0.29, 0.717) is 0 Å². The molecule has 0 N–H and O–H groups in total. The number of rotatable bonds is 3. The van der Waals surface area contributed by atoms with Crippen LogP contribution in [0.3, 0.4) is 0 Å². The van der Waals surface area contributed by atoms with E-state index in [9.17, 15) is 4.79 Å². The lowest BCUT2D eigenvalue weighted by Gasteiger charge is -2.05. The molecule has 0 fully saturated rings. The summed E-state index contributed by atoms with van der Waals surface area (Å²) in [5, 5.41) is 2.27. The average molecular weight is 261 g/mol. The predicted octanol–water partition coefficient (Wildman–Crippen LogP) is 4.03. The van der Waals surface area contributed by atoms with Crippen LogP contribution >= 0.6 is 0 Å². The fraction of sp³-hybridized carbons (Fsp3) is 0.111. The lowest BCUT2D eigenvalue weighted by Crippen LogP contribution is -1.92. The maximum absolute atomic E-state index is 11.4. The first-order valence-corrected chi connectivity index (χ1v) is 6.65. The van der Waals surface area contributed by atoms with Gasteiger partial charge in [0.2, 0.25) is 0 Å². The highest BCUT2D eigenvalue weighted by Gasteiger charge is 2.02. The average Bonchev–Trinajstić information content (AvgIpc) is 2.47. The number of ketones is 1. The smallest absolute Gasteiger partial charge is 0.159 e. The van der Waals surface area contributed by atoms with Crippen molar-refractivity contribution in [2.75, 3.05) is 0 Å². The molecule has 2 aromatic carbocycles. The highest BCUT2D eigenvalue weighted by molar-refractivity contribution is 5.98. The first-order chi connectivity index (χ1) is 9.72. The van der Waals surface area contributed by atoms with Crippen molar-refractivity contribution < 1.29 is 4.79 Å². The third-order valence-corrected chi connectivity index (χ3v) is 3.44. The number of aromatic nitrogens is 1. The van der Waals surface area contributed by atoms with Crippen molar-refractivity contribution in [1.82, 2.24) is 4.98 Å². The van der Waals surface area contributed by atoms with E-state index in [4.69, 9.17) is 0 Å². The van der Waals surface area contributed by atoms with Crippen LogP contribution in [0.15, 0.2) is 60.9 Å². The number of carbonyl (C=O) groups is 1. The number of hydrogen-bond donors (Lipinski definition) is 0. The van der Waals surface area contributed by atoms with Crippen LogP contribution < -0.4 is 0 Å².